The lowest BCUT2D eigenvalue weighted by Gasteiger charge is -2.16. The van der Waals surface area contributed by atoms with Crippen molar-refractivity contribution in [1.29, 1.82) is 0 Å². The van der Waals surface area contributed by atoms with E-state index >= 15 is 0 Å². The molecule has 1 unspecified atom stereocenters. The van der Waals surface area contributed by atoms with Crippen molar-refractivity contribution in [2.75, 3.05) is 5.32 Å². The van der Waals surface area contributed by atoms with Crippen LogP contribution in [0, 0.1) is 20.8 Å². The van der Waals surface area contributed by atoms with Crippen LogP contribution in [0.1, 0.15) is 23.6 Å². The fraction of sp³-hybridized carbons (Fsp3) is 0.200. The van der Waals surface area contributed by atoms with E-state index in [1.54, 1.807) is 18.3 Å². The average molecular weight is 417 g/mol. The molecule has 152 valence electrons. The maximum atomic E-state index is 12.6. The van der Waals surface area contributed by atoms with Crippen molar-refractivity contribution < 1.29 is 9.53 Å². The number of ether oxygens (including phenoxy) is 1. The zero-order valence-electron chi connectivity index (χ0n) is 17.5. The summed E-state index contributed by atoms with van der Waals surface area (Å²) in [5, 5.41) is 3.90. The highest BCUT2D eigenvalue weighted by atomic mass is 32.1. The topological polar surface area (TPSA) is 51.2 Å². The van der Waals surface area contributed by atoms with Crippen molar-refractivity contribution in [2.24, 2.45) is 0 Å². The van der Waals surface area contributed by atoms with E-state index in [-0.39, 0.29) is 5.91 Å². The van der Waals surface area contributed by atoms with Gasteiger partial charge in [0.2, 0.25) is 0 Å². The van der Waals surface area contributed by atoms with E-state index in [1.807, 2.05) is 56.3 Å². The van der Waals surface area contributed by atoms with Gasteiger partial charge >= 0.3 is 0 Å². The summed E-state index contributed by atoms with van der Waals surface area (Å²) in [5.41, 5.74) is 6.19. The summed E-state index contributed by atoms with van der Waals surface area (Å²) in [6, 6.07) is 20.0. The van der Waals surface area contributed by atoms with Crippen LogP contribution < -0.4 is 10.1 Å². The highest BCUT2D eigenvalue weighted by Gasteiger charge is 2.16. The van der Waals surface area contributed by atoms with Crippen molar-refractivity contribution in [1.82, 2.24) is 4.98 Å². The van der Waals surface area contributed by atoms with E-state index in [9.17, 15) is 4.79 Å². The number of anilines is 1. The first kappa shape index (κ1) is 20.1. The van der Waals surface area contributed by atoms with Gasteiger partial charge in [0.05, 0.1) is 10.2 Å². The van der Waals surface area contributed by atoms with Gasteiger partial charge in [-0.1, -0.05) is 23.8 Å². The highest BCUT2D eigenvalue weighted by molar-refractivity contribution is 7.21. The molecule has 3 aromatic carbocycles. The standard InChI is InChI=1S/C25H24N2O2S/c1-15-6-12-22(17(3)13-15)29-18(4)24(28)26-20-9-7-19(8-10-20)25-27-21-11-5-16(2)14-23(21)30-25/h5-14,18H,1-4H3,(H,26,28). The van der Waals surface area contributed by atoms with E-state index in [4.69, 9.17) is 9.72 Å². The SMILES string of the molecule is Cc1ccc(OC(C)C(=O)Nc2ccc(-c3nc4ccc(C)cc4s3)cc2)c(C)c1. The molecule has 1 amide bonds. The second kappa shape index (κ2) is 8.28. The number of thiazole rings is 1. The number of nitrogens with zero attached hydrogens (tertiary/aromatic N) is 1. The third kappa shape index (κ3) is 4.36. The lowest BCUT2D eigenvalue weighted by Crippen LogP contribution is -2.30. The fourth-order valence-electron chi connectivity index (χ4n) is 3.27. The van der Waals surface area contributed by atoms with E-state index in [1.165, 1.54) is 15.8 Å². The van der Waals surface area contributed by atoms with Gasteiger partial charge in [0.25, 0.3) is 5.91 Å². The van der Waals surface area contributed by atoms with Gasteiger partial charge < -0.3 is 10.1 Å². The summed E-state index contributed by atoms with van der Waals surface area (Å²) in [6.07, 6.45) is -0.599. The Hall–Kier alpha value is -3.18. The average Bonchev–Trinajstić information content (AvgIpc) is 3.13. The number of benzene rings is 3. The molecule has 1 heterocycles. The van der Waals surface area contributed by atoms with Gasteiger partial charge in [-0.2, -0.15) is 0 Å². The van der Waals surface area contributed by atoms with Gasteiger partial charge in [0.15, 0.2) is 6.10 Å². The normalized spacial score (nSPS) is 12.0. The van der Waals surface area contributed by atoms with Gasteiger partial charge in [-0.15, -0.1) is 11.3 Å². The van der Waals surface area contributed by atoms with Gasteiger partial charge in [0.1, 0.15) is 10.8 Å². The Morgan fingerprint density at radius 2 is 1.67 bits per heavy atom. The number of hydrogen-bond donors (Lipinski definition) is 1. The van der Waals surface area contributed by atoms with E-state index in [0.29, 0.717) is 0 Å². The minimum Gasteiger partial charge on any atom is -0.481 e. The van der Waals surface area contributed by atoms with E-state index < -0.39 is 6.10 Å². The molecule has 1 atom stereocenters. The minimum absolute atomic E-state index is 0.182. The van der Waals surface area contributed by atoms with Crippen LogP contribution in [-0.4, -0.2) is 17.0 Å². The van der Waals surface area contributed by atoms with Crippen LogP contribution >= 0.6 is 11.3 Å². The number of amides is 1. The lowest BCUT2D eigenvalue weighted by molar-refractivity contribution is -0.122. The molecule has 1 aromatic heterocycles. The number of aryl methyl sites for hydroxylation is 3. The van der Waals surface area contributed by atoms with Crippen LogP contribution in [0.15, 0.2) is 60.7 Å². The Morgan fingerprint density at radius 3 is 2.40 bits per heavy atom. The number of rotatable bonds is 5. The number of carbonyl (C=O) groups excluding carboxylic acids is 1. The maximum Gasteiger partial charge on any atom is 0.265 e. The van der Waals surface area contributed by atoms with Crippen LogP contribution in [0.25, 0.3) is 20.8 Å². The number of fused-ring (bicyclic) bond motifs is 1. The number of carbonyl (C=O) groups is 1. The first-order valence-electron chi connectivity index (χ1n) is 9.91. The Labute approximate surface area is 180 Å². The smallest absolute Gasteiger partial charge is 0.265 e. The van der Waals surface area contributed by atoms with Gasteiger partial charge in [-0.05, 0) is 81.3 Å². The van der Waals surface area contributed by atoms with Crippen molar-refractivity contribution in [2.45, 2.75) is 33.8 Å². The second-order valence-corrected chi connectivity index (χ2v) is 8.62. The number of hydrogen-bond acceptors (Lipinski definition) is 4. The van der Waals surface area contributed by atoms with Crippen LogP contribution in [0.2, 0.25) is 0 Å². The summed E-state index contributed by atoms with van der Waals surface area (Å²) in [4.78, 5) is 17.3. The molecular weight excluding hydrogens is 392 g/mol. The zero-order chi connectivity index (χ0) is 21.3. The second-order valence-electron chi connectivity index (χ2n) is 7.59. The zero-order valence-corrected chi connectivity index (χ0v) is 18.3. The Balaban J connectivity index is 1.43. The van der Waals surface area contributed by atoms with Crippen molar-refractivity contribution >= 4 is 33.1 Å². The maximum absolute atomic E-state index is 12.6. The minimum atomic E-state index is -0.599. The molecule has 4 nitrogen and oxygen atoms in total. The Morgan fingerprint density at radius 1 is 0.967 bits per heavy atom. The summed E-state index contributed by atoms with van der Waals surface area (Å²) >= 11 is 1.67. The molecule has 5 heteroatoms. The molecule has 0 fully saturated rings. The van der Waals surface area contributed by atoms with Crippen molar-refractivity contribution in [3.8, 4) is 16.3 Å². The highest BCUT2D eigenvalue weighted by Crippen LogP contribution is 2.31. The largest absolute Gasteiger partial charge is 0.481 e. The number of aromatic nitrogens is 1. The fourth-order valence-corrected chi connectivity index (χ4v) is 4.34. The Bertz CT molecular complexity index is 1210. The summed E-state index contributed by atoms with van der Waals surface area (Å²) < 4.78 is 7.03. The molecule has 4 aromatic rings. The van der Waals surface area contributed by atoms with Gasteiger partial charge in [-0.25, -0.2) is 4.98 Å². The van der Waals surface area contributed by atoms with Crippen LogP contribution in [-0.2, 0) is 4.79 Å². The van der Waals surface area contributed by atoms with Crippen LogP contribution in [0.3, 0.4) is 0 Å². The first-order chi connectivity index (χ1) is 14.4. The van der Waals surface area contributed by atoms with Crippen molar-refractivity contribution in [3.63, 3.8) is 0 Å². The third-order valence-corrected chi connectivity index (χ3v) is 6.01. The molecule has 0 aliphatic carbocycles. The molecule has 0 saturated carbocycles. The summed E-state index contributed by atoms with van der Waals surface area (Å²) in [5.74, 6) is 0.544. The monoisotopic (exact) mass is 416 g/mol. The van der Waals surface area contributed by atoms with Gasteiger partial charge in [0, 0.05) is 11.3 Å². The molecule has 0 aliphatic heterocycles. The summed E-state index contributed by atoms with van der Waals surface area (Å²) in [7, 11) is 0. The lowest BCUT2D eigenvalue weighted by atomic mass is 10.1. The van der Waals surface area contributed by atoms with Gasteiger partial charge in [-0.3, -0.25) is 4.79 Å². The van der Waals surface area contributed by atoms with E-state index in [2.05, 4.69) is 30.4 Å². The molecule has 0 radical (unpaired) electrons. The van der Waals surface area contributed by atoms with Crippen molar-refractivity contribution in [3.05, 3.63) is 77.4 Å². The molecule has 0 aliphatic rings. The molecule has 0 saturated heterocycles. The quantitative estimate of drug-likeness (QED) is 0.416. The molecule has 4 rings (SSSR count). The summed E-state index contributed by atoms with van der Waals surface area (Å²) in [6.45, 7) is 7.86. The molecule has 1 N–H and O–H groups in total. The molecule has 30 heavy (non-hydrogen) atoms. The first-order valence-corrected chi connectivity index (χ1v) is 10.7. The van der Waals surface area contributed by atoms with Crippen LogP contribution in [0.5, 0.6) is 5.75 Å². The molecule has 0 spiro atoms. The predicted octanol–water partition coefficient (Wildman–Crippen LogP) is 6.29. The third-order valence-electron chi connectivity index (χ3n) is 4.95. The number of nitrogens with one attached hydrogen (secondary N) is 1. The molecule has 0 bridgehead atoms. The van der Waals surface area contributed by atoms with Crippen LogP contribution in [0.4, 0.5) is 5.69 Å². The molecular formula is C25H24N2O2S. The predicted molar refractivity (Wildman–Crippen MR) is 124 cm³/mol. The van der Waals surface area contributed by atoms with E-state index in [0.717, 1.165) is 33.1 Å². The Kier molecular flexibility index (Phi) is 5.55.